The van der Waals surface area contributed by atoms with Crippen LogP contribution in [0.5, 0.6) is 0 Å². The molecule has 17 heavy (non-hydrogen) atoms. The van der Waals surface area contributed by atoms with Crippen LogP contribution in [0.15, 0.2) is 0 Å². The predicted molar refractivity (Wildman–Crippen MR) is 70.0 cm³/mol. The molecule has 4 saturated carbocycles. The summed E-state index contributed by atoms with van der Waals surface area (Å²) in [6.07, 6.45) is 8.89. The lowest BCUT2D eigenvalue weighted by atomic mass is 9.49. The highest BCUT2D eigenvalue weighted by atomic mass is 79.9. The second kappa shape index (κ2) is 4.56. The number of ether oxygens (including phenoxy) is 1. The third-order valence-electron chi connectivity index (χ3n) is 5.02. The highest BCUT2D eigenvalue weighted by Crippen LogP contribution is 2.61. The molecule has 4 aliphatic carbocycles. The van der Waals surface area contributed by atoms with Crippen LogP contribution in [0, 0.1) is 23.2 Å². The average Bonchev–Trinajstić information content (AvgIpc) is 2.23. The fourth-order valence-corrected chi connectivity index (χ4v) is 5.18. The Hall–Kier alpha value is -0.0500. The summed E-state index contributed by atoms with van der Waals surface area (Å²) in [5, 5.41) is 0.750. The van der Waals surface area contributed by atoms with Gasteiger partial charge in [-0.25, -0.2) is 0 Å². The highest BCUT2D eigenvalue weighted by Gasteiger charge is 2.51. The summed E-state index contributed by atoms with van der Waals surface area (Å²) in [5.74, 6) is 2.80. The Labute approximate surface area is 112 Å². The fourth-order valence-electron chi connectivity index (χ4n) is 5.02. The van der Waals surface area contributed by atoms with E-state index in [1.807, 2.05) is 0 Å². The molecule has 0 saturated heterocycles. The van der Waals surface area contributed by atoms with E-state index in [0.717, 1.165) is 23.1 Å². The first-order chi connectivity index (χ1) is 8.19. The van der Waals surface area contributed by atoms with E-state index in [1.165, 1.54) is 38.5 Å². The van der Waals surface area contributed by atoms with Crippen molar-refractivity contribution < 1.29 is 9.53 Å². The summed E-state index contributed by atoms with van der Waals surface area (Å²) in [6.45, 7) is 0.519. The number of halogens is 1. The molecule has 0 aliphatic heterocycles. The zero-order valence-electron chi connectivity index (χ0n) is 10.3. The van der Waals surface area contributed by atoms with Gasteiger partial charge in [0.2, 0.25) is 0 Å². The summed E-state index contributed by atoms with van der Waals surface area (Å²) < 4.78 is 5.24. The Bertz CT molecular complexity index is 278. The number of carbonyl (C=O) groups is 1. The van der Waals surface area contributed by atoms with E-state index in [4.69, 9.17) is 4.74 Å². The van der Waals surface area contributed by atoms with Crippen molar-refractivity contribution >= 4 is 21.9 Å². The van der Waals surface area contributed by atoms with Gasteiger partial charge in [-0.15, -0.1) is 0 Å². The van der Waals surface area contributed by atoms with E-state index in [9.17, 15) is 4.79 Å². The van der Waals surface area contributed by atoms with Gasteiger partial charge in [-0.05, 0) is 61.7 Å². The second-order valence-corrected chi connectivity index (χ2v) is 7.30. The van der Waals surface area contributed by atoms with Crippen molar-refractivity contribution in [2.75, 3.05) is 11.9 Å². The van der Waals surface area contributed by atoms with Crippen molar-refractivity contribution in [3.05, 3.63) is 0 Å². The molecular weight excluding hydrogens is 280 g/mol. The first-order valence-corrected chi connectivity index (χ1v) is 8.03. The SMILES string of the molecule is O=C(CC12CC3CC(CC(C3)C1)C2)OCCBr. The molecule has 3 heteroatoms. The number of esters is 1. The molecule has 2 nitrogen and oxygen atoms in total. The van der Waals surface area contributed by atoms with Gasteiger partial charge in [0.15, 0.2) is 0 Å². The van der Waals surface area contributed by atoms with Crippen molar-refractivity contribution in [1.82, 2.24) is 0 Å². The Kier molecular flexibility index (Phi) is 3.22. The lowest BCUT2D eigenvalue weighted by Crippen LogP contribution is -2.47. The lowest BCUT2D eigenvalue weighted by molar-refractivity contribution is -0.151. The zero-order chi connectivity index (χ0) is 11.9. The van der Waals surface area contributed by atoms with Crippen LogP contribution in [0.2, 0.25) is 0 Å². The van der Waals surface area contributed by atoms with Gasteiger partial charge in [-0.2, -0.15) is 0 Å². The van der Waals surface area contributed by atoms with E-state index < -0.39 is 0 Å². The third-order valence-corrected chi connectivity index (χ3v) is 5.35. The molecule has 4 aliphatic rings. The normalized spacial score (nSPS) is 42.8. The van der Waals surface area contributed by atoms with Crippen LogP contribution in [0.25, 0.3) is 0 Å². The highest BCUT2D eigenvalue weighted by molar-refractivity contribution is 9.09. The molecule has 4 fully saturated rings. The maximum Gasteiger partial charge on any atom is 0.306 e. The van der Waals surface area contributed by atoms with E-state index in [1.54, 1.807) is 0 Å². The quantitative estimate of drug-likeness (QED) is 0.586. The van der Waals surface area contributed by atoms with Crippen molar-refractivity contribution in [3.8, 4) is 0 Å². The topological polar surface area (TPSA) is 26.3 Å². The summed E-state index contributed by atoms with van der Waals surface area (Å²) in [6, 6.07) is 0. The van der Waals surface area contributed by atoms with Gasteiger partial charge in [0.25, 0.3) is 0 Å². The third kappa shape index (κ3) is 2.40. The molecule has 0 aromatic heterocycles. The standard InChI is InChI=1S/C14H21BrO2/c15-1-2-17-13(16)9-14-6-10-3-11(7-14)5-12(4-10)8-14/h10-12H,1-9H2. The Morgan fingerprint density at radius 2 is 1.65 bits per heavy atom. The monoisotopic (exact) mass is 300 g/mol. The van der Waals surface area contributed by atoms with Crippen LogP contribution < -0.4 is 0 Å². The smallest absolute Gasteiger partial charge is 0.306 e. The van der Waals surface area contributed by atoms with E-state index >= 15 is 0 Å². The lowest BCUT2D eigenvalue weighted by Gasteiger charge is -2.56. The van der Waals surface area contributed by atoms with E-state index in [-0.39, 0.29) is 5.97 Å². The minimum atomic E-state index is 0.0337. The van der Waals surface area contributed by atoms with Gasteiger partial charge >= 0.3 is 5.97 Å². The van der Waals surface area contributed by atoms with Gasteiger partial charge in [-0.1, -0.05) is 15.9 Å². The maximum atomic E-state index is 11.8. The summed E-state index contributed by atoms with van der Waals surface area (Å²) in [4.78, 5) is 11.8. The van der Waals surface area contributed by atoms with Crippen LogP contribution in [0.4, 0.5) is 0 Å². The van der Waals surface area contributed by atoms with Gasteiger partial charge < -0.3 is 4.74 Å². The molecule has 0 spiro atoms. The minimum Gasteiger partial charge on any atom is -0.465 e. The van der Waals surface area contributed by atoms with Gasteiger partial charge in [-0.3, -0.25) is 4.79 Å². The van der Waals surface area contributed by atoms with Gasteiger partial charge in [0.1, 0.15) is 6.61 Å². The van der Waals surface area contributed by atoms with Gasteiger partial charge in [0, 0.05) is 5.33 Å². The Morgan fingerprint density at radius 1 is 1.12 bits per heavy atom. The molecule has 4 bridgehead atoms. The molecular formula is C14H21BrO2. The number of alkyl halides is 1. The van der Waals surface area contributed by atoms with Crippen molar-refractivity contribution in [3.63, 3.8) is 0 Å². The van der Waals surface area contributed by atoms with Gasteiger partial charge in [0.05, 0.1) is 6.42 Å². The Balaban J connectivity index is 1.64. The summed E-state index contributed by atoms with van der Waals surface area (Å²) >= 11 is 3.29. The largest absolute Gasteiger partial charge is 0.465 e. The number of hydrogen-bond donors (Lipinski definition) is 0. The summed E-state index contributed by atoms with van der Waals surface area (Å²) in [7, 11) is 0. The molecule has 0 atom stereocenters. The van der Waals surface area contributed by atoms with E-state index in [2.05, 4.69) is 15.9 Å². The van der Waals surface area contributed by atoms with Crippen LogP contribution in [-0.2, 0) is 9.53 Å². The molecule has 0 unspecified atom stereocenters. The minimum absolute atomic E-state index is 0.0337. The zero-order valence-corrected chi connectivity index (χ0v) is 11.9. The number of rotatable bonds is 4. The molecule has 0 N–H and O–H groups in total. The van der Waals surface area contributed by atoms with Crippen molar-refractivity contribution in [2.24, 2.45) is 23.2 Å². The molecule has 0 aromatic rings. The van der Waals surface area contributed by atoms with Crippen LogP contribution in [-0.4, -0.2) is 17.9 Å². The average molecular weight is 301 g/mol. The first kappa shape index (κ1) is 12.0. The molecule has 96 valence electrons. The summed E-state index contributed by atoms with van der Waals surface area (Å²) in [5.41, 5.74) is 0.331. The van der Waals surface area contributed by atoms with E-state index in [0.29, 0.717) is 18.4 Å². The first-order valence-electron chi connectivity index (χ1n) is 6.91. The number of carbonyl (C=O) groups excluding carboxylic acids is 1. The molecule has 0 amide bonds. The molecule has 0 aromatic carbocycles. The van der Waals surface area contributed by atoms with Crippen LogP contribution >= 0.6 is 15.9 Å². The van der Waals surface area contributed by atoms with Crippen LogP contribution in [0.1, 0.15) is 44.9 Å². The maximum absolute atomic E-state index is 11.8. The Morgan fingerprint density at radius 3 is 2.12 bits per heavy atom. The van der Waals surface area contributed by atoms with Crippen molar-refractivity contribution in [1.29, 1.82) is 0 Å². The van der Waals surface area contributed by atoms with Crippen molar-refractivity contribution in [2.45, 2.75) is 44.9 Å². The predicted octanol–water partition coefficient (Wildman–Crippen LogP) is 3.53. The molecule has 0 heterocycles. The molecule has 0 radical (unpaired) electrons. The fraction of sp³-hybridized carbons (Fsp3) is 0.929. The second-order valence-electron chi connectivity index (χ2n) is 6.50. The van der Waals surface area contributed by atoms with Crippen LogP contribution in [0.3, 0.4) is 0 Å². The number of hydrogen-bond acceptors (Lipinski definition) is 2. The molecule has 4 rings (SSSR count).